The van der Waals surface area contributed by atoms with E-state index in [0.717, 1.165) is 18.5 Å². The number of anilines is 2. The Bertz CT molecular complexity index is 1050. The van der Waals surface area contributed by atoms with Gasteiger partial charge in [0.2, 0.25) is 0 Å². The van der Waals surface area contributed by atoms with Crippen molar-refractivity contribution in [2.24, 2.45) is 0 Å². The van der Waals surface area contributed by atoms with Gasteiger partial charge in [0.15, 0.2) is 0 Å². The van der Waals surface area contributed by atoms with Crippen molar-refractivity contribution in [1.82, 2.24) is 0 Å². The summed E-state index contributed by atoms with van der Waals surface area (Å²) in [5, 5.41) is 0. The second kappa shape index (κ2) is 7.24. The van der Waals surface area contributed by atoms with Gasteiger partial charge >= 0.3 is 6.09 Å². The van der Waals surface area contributed by atoms with Gasteiger partial charge in [-0.2, -0.15) is 0 Å². The number of hydrogen-bond acceptors (Lipinski definition) is 3. The van der Waals surface area contributed by atoms with Crippen LogP contribution in [0.4, 0.5) is 20.6 Å². The van der Waals surface area contributed by atoms with Crippen LogP contribution in [0.2, 0.25) is 0 Å². The summed E-state index contributed by atoms with van der Waals surface area (Å²) < 4.78 is 20.5. The van der Waals surface area contributed by atoms with Crippen LogP contribution in [-0.4, -0.2) is 19.2 Å². The molecule has 1 amide bonds. The number of fused-ring (bicyclic) bond motifs is 1. The second-order valence-corrected chi connectivity index (χ2v) is 7.39. The van der Waals surface area contributed by atoms with Crippen LogP contribution in [0.25, 0.3) is 0 Å². The molecule has 3 aromatic carbocycles. The highest BCUT2D eigenvalue weighted by Gasteiger charge is 2.33. The normalized spacial score (nSPS) is 18.5. The number of hydrogen-bond donors (Lipinski definition) is 0. The average molecular weight is 387 g/mol. The topological polar surface area (TPSA) is 32.8 Å². The Balaban J connectivity index is 1.36. The van der Waals surface area contributed by atoms with E-state index < -0.39 is 6.09 Å². The molecule has 0 bridgehead atoms. The summed E-state index contributed by atoms with van der Waals surface area (Å²) in [5.74, 6) is -0.326. The summed E-state index contributed by atoms with van der Waals surface area (Å²) in [4.78, 5) is 15.9. The molecule has 1 radical (unpaired) electrons. The first-order valence-corrected chi connectivity index (χ1v) is 9.74. The van der Waals surface area contributed by atoms with E-state index in [-0.39, 0.29) is 11.9 Å². The lowest BCUT2D eigenvalue weighted by atomic mass is 9.99. The van der Waals surface area contributed by atoms with Crippen molar-refractivity contribution in [3.63, 3.8) is 0 Å². The van der Waals surface area contributed by atoms with Crippen molar-refractivity contribution >= 4 is 17.5 Å². The molecule has 1 atom stereocenters. The number of ether oxygens (including phenoxy) is 1. The number of nitrogens with zero attached hydrogens (tertiary/aromatic N) is 2. The summed E-state index contributed by atoms with van der Waals surface area (Å²) in [5.41, 5.74) is 4.53. The molecule has 2 aliphatic rings. The van der Waals surface area contributed by atoms with Gasteiger partial charge in [-0.25, -0.2) is 9.18 Å². The average Bonchev–Trinajstić information content (AvgIpc) is 3.15. The maximum atomic E-state index is 15.0. The molecular weight excluding hydrogens is 367 g/mol. The molecular formula is C24H20FN2O2. The molecule has 3 aromatic rings. The number of cyclic esters (lactones) is 1. The lowest BCUT2D eigenvalue weighted by molar-refractivity contribution is 0.142. The summed E-state index contributed by atoms with van der Waals surface area (Å²) in [6.07, 6.45) is 0.0757. The number of halogens is 1. The Labute approximate surface area is 169 Å². The Hall–Kier alpha value is -3.34. The summed E-state index contributed by atoms with van der Waals surface area (Å²) in [6.45, 7) is 1.82. The first-order chi connectivity index (χ1) is 14.2. The van der Waals surface area contributed by atoms with Crippen LogP contribution in [0.15, 0.2) is 66.7 Å². The fourth-order valence-corrected chi connectivity index (χ4v) is 4.08. The number of benzene rings is 3. The van der Waals surface area contributed by atoms with Gasteiger partial charge in [-0.05, 0) is 47.4 Å². The maximum Gasteiger partial charge on any atom is 0.415 e. The van der Waals surface area contributed by atoms with E-state index in [9.17, 15) is 9.18 Å². The molecule has 4 nitrogen and oxygen atoms in total. The van der Waals surface area contributed by atoms with Crippen molar-refractivity contribution in [3.05, 3.63) is 95.3 Å². The molecule has 1 saturated heterocycles. The maximum absolute atomic E-state index is 15.0. The molecule has 5 heteroatoms. The third-order valence-electron chi connectivity index (χ3n) is 5.64. The van der Waals surface area contributed by atoms with E-state index in [2.05, 4.69) is 18.2 Å². The predicted molar refractivity (Wildman–Crippen MR) is 109 cm³/mol. The largest absolute Gasteiger partial charge is 0.439 e. The minimum Gasteiger partial charge on any atom is -0.439 e. The SMILES string of the molecule is O=C1O[C@H](c2cc[c]cc2)CN1c1ccc(N2CCc3ccccc3C2)c(F)c1. The fraction of sp³-hybridized carbons (Fsp3) is 0.208. The van der Waals surface area contributed by atoms with Gasteiger partial charge in [0, 0.05) is 13.1 Å². The van der Waals surface area contributed by atoms with Gasteiger partial charge in [-0.15, -0.1) is 0 Å². The lowest BCUT2D eigenvalue weighted by Gasteiger charge is -2.31. The van der Waals surface area contributed by atoms with Crippen molar-refractivity contribution in [2.75, 3.05) is 22.9 Å². The van der Waals surface area contributed by atoms with Crippen LogP contribution < -0.4 is 9.80 Å². The molecule has 1 fully saturated rings. The smallest absolute Gasteiger partial charge is 0.415 e. The van der Waals surface area contributed by atoms with Crippen LogP contribution in [-0.2, 0) is 17.7 Å². The first-order valence-electron chi connectivity index (χ1n) is 9.74. The Morgan fingerprint density at radius 3 is 2.62 bits per heavy atom. The van der Waals surface area contributed by atoms with Gasteiger partial charge < -0.3 is 9.64 Å². The molecule has 0 aromatic heterocycles. The monoisotopic (exact) mass is 387 g/mol. The van der Waals surface area contributed by atoms with Crippen molar-refractivity contribution in [3.8, 4) is 0 Å². The van der Waals surface area contributed by atoms with E-state index in [4.69, 9.17) is 4.74 Å². The van der Waals surface area contributed by atoms with Gasteiger partial charge in [-0.3, -0.25) is 4.90 Å². The van der Waals surface area contributed by atoms with E-state index in [1.54, 1.807) is 24.3 Å². The lowest BCUT2D eigenvalue weighted by Crippen LogP contribution is -2.31. The summed E-state index contributed by atoms with van der Waals surface area (Å²) >= 11 is 0. The second-order valence-electron chi connectivity index (χ2n) is 7.39. The van der Waals surface area contributed by atoms with Crippen molar-refractivity contribution < 1.29 is 13.9 Å². The number of carbonyl (C=O) groups is 1. The van der Waals surface area contributed by atoms with Gasteiger partial charge in [-0.1, -0.05) is 48.5 Å². The Morgan fingerprint density at radius 1 is 1.03 bits per heavy atom. The molecule has 0 saturated carbocycles. The molecule has 145 valence electrons. The molecule has 5 rings (SSSR count). The summed E-state index contributed by atoms with van der Waals surface area (Å²) in [6, 6.07) is 23.5. The zero-order valence-electron chi connectivity index (χ0n) is 15.8. The number of carbonyl (C=O) groups excluding carboxylic acids is 1. The Kier molecular flexibility index (Phi) is 4.43. The van der Waals surface area contributed by atoms with Crippen LogP contribution in [0.3, 0.4) is 0 Å². The van der Waals surface area contributed by atoms with Gasteiger partial charge in [0.1, 0.15) is 11.9 Å². The van der Waals surface area contributed by atoms with Crippen molar-refractivity contribution in [2.45, 2.75) is 19.1 Å². The molecule has 0 spiro atoms. The van der Waals surface area contributed by atoms with Crippen LogP contribution >= 0.6 is 0 Å². The van der Waals surface area contributed by atoms with Crippen molar-refractivity contribution in [1.29, 1.82) is 0 Å². The predicted octanol–water partition coefficient (Wildman–Crippen LogP) is 4.89. The van der Waals surface area contributed by atoms with Crippen LogP contribution in [0.5, 0.6) is 0 Å². The molecule has 2 aliphatic heterocycles. The standard InChI is InChI=1S/C24H20FN2O2/c25-21-14-20(27-16-23(29-24(27)28)18-7-2-1-3-8-18)10-11-22(21)26-13-12-17-6-4-5-9-19(17)15-26/h2-11,14,23H,12-13,15-16H2/t23-/m0/s1. The van der Waals surface area contributed by atoms with Crippen LogP contribution in [0, 0.1) is 11.9 Å². The Morgan fingerprint density at radius 2 is 1.83 bits per heavy atom. The summed E-state index contributed by atoms with van der Waals surface area (Å²) in [7, 11) is 0. The molecule has 0 aliphatic carbocycles. The van der Waals surface area contributed by atoms with E-state index >= 15 is 0 Å². The first kappa shape index (κ1) is 17.7. The highest BCUT2D eigenvalue weighted by Crippen LogP contribution is 2.33. The highest BCUT2D eigenvalue weighted by atomic mass is 19.1. The van der Waals surface area contributed by atoms with E-state index in [1.807, 2.05) is 29.2 Å². The highest BCUT2D eigenvalue weighted by molar-refractivity contribution is 5.90. The van der Waals surface area contributed by atoms with E-state index in [1.165, 1.54) is 22.1 Å². The third-order valence-corrected chi connectivity index (χ3v) is 5.64. The van der Waals surface area contributed by atoms with Gasteiger partial charge in [0.25, 0.3) is 0 Å². The minimum absolute atomic E-state index is 0.326. The molecule has 0 unspecified atom stereocenters. The minimum atomic E-state index is -0.457. The quantitative estimate of drug-likeness (QED) is 0.642. The molecule has 29 heavy (non-hydrogen) atoms. The zero-order valence-corrected chi connectivity index (χ0v) is 15.8. The number of rotatable bonds is 3. The number of amides is 1. The van der Waals surface area contributed by atoms with Gasteiger partial charge in [0.05, 0.1) is 17.9 Å². The molecule has 2 heterocycles. The van der Waals surface area contributed by atoms with Crippen LogP contribution in [0.1, 0.15) is 22.8 Å². The van der Waals surface area contributed by atoms with E-state index in [0.29, 0.717) is 24.5 Å². The zero-order chi connectivity index (χ0) is 19.8. The fourth-order valence-electron chi connectivity index (χ4n) is 4.08. The third kappa shape index (κ3) is 3.33. The molecule has 0 N–H and O–H groups in total.